The molecule has 2 N–H and O–H groups in total. The van der Waals surface area contributed by atoms with E-state index in [-0.39, 0.29) is 24.0 Å². The molecule has 0 aromatic heterocycles. The van der Waals surface area contributed by atoms with E-state index in [1.807, 2.05) is 36.0 Å². The summed E-state index contributed by atoms with van der Waals surface area (Å²) < 4.78 is 0. The highest BCUT2D eigenvalue weighted by Crippen LogP contribution is 2.09. The molecule has 0 heterocycles. The van der Waals surface area contributed by atoms with E-state index in [0.29, 0.717) is 6.54 Å². The molecule has 1 aromatic carbocycles. The van der Waals surface area contributed by atoms with E-state index in [9.17, 15) is 0 Å². The second-order valence-electron chi connectivity index (χ2n) is 3.74. The van der Waals surface area contributed by atoms with Crippen LogP contribution in [0.25, 0.3) is 0 Å². The zero-order valence-corrected chi connectivity index (χ0v) is 15.2. The number of hydrogen-bond acceptors (Lipinski definition) is 2. The molecule has 1 aromatic rings. The van der Waals surface area contributed by atoms with Gasteiger partial charge in [0.25, 0.3) is 0 Å². The van der Waals surface area contributed by atoms with E-state index in [2.05, 4.69) is 28.8 Å². The number of benzene rings is 1. The highest BCUT2D eigenvalue weighted by molar-refractivity contribution is 14.0. The number of thioether (sulfide) groups is 1. The summed E-state index contributed by atoms with van der Waals surface area (Å²) in [5.74, 6) is 1.94. The summed E-state index contributed by atoms with van der Waals surface area (Å²) >= 11 is 7.66. The van der Waals surface area contributed by atoms with E-state index in [1.54, 1.807) is 0 Å². The quantitative estimate of drug-likeness (QED) is 0.325. The Balaban J connectivity index is 0.00000324. The van der Waals surface area contributed by atoms with Crippen molar-refractivity contribution in [1.29, 1.82) is 0 Å². The Morgan fingerprint density at radius 3 is 2.53 bits per heavy atom. The van der Waals surface area contributed by atoms with Crippen molar-refractivity contribution >= 4 is 53.3 Å². The van der Waals surface area contributed by atoms with Crippen molar-refractivity contribution in [2.45, 2.75) is 13.5 Å². The number of rotatable bonds is 6. The van der Waals surface area contributed by atoms with Gasteiger partial charge in [-0.2, -0.15) is 11.8 Å². The molecule has 19 heavy (non-hydrogen) atoms. The van der Waals surface area contributed by atoms with Crippen LogP contribution in [-0.4, -0.2) is 31.1 Å². The van der Waals surface area contributed by atoms with Crippen LogP contribution < -0.4 is 10.6 Å². The topological polar surface area (TPSA) is 36.4 Å². The van der Waals surface area contributed by atoms with E-state index in [1.165, 1.54) is 0 Å². The first-order valence-electron chi connectivity index (χ1n) is 6.01. The SMILES string of the molecule is CCNC(=NCc1ccc(Cl)cc1)NCCSC.I. The predicted molar refractivity (Wildman–Crippen MR) is 98.1 cm³/mol. The Kier molecular flexibility index (Phi) is 11.6. The molecule has 0 spiro atoms. The van der Waals surface area contributed by atoms with Crippen LogP contribution in [0.5, 0.6) is 0 Å². The monoisotopic (exact) mass is 413 g/mol. The summed E-state index contributed by atoms with van der Waals surface area (Å²) in [6, 6.07) is 7.77. The first kappa shape index (κ1) is 18.9. The molecule has 0 saturated heterocycles. The number of aliphatic imine (C=N–C) groups is 1. The molecule has 0 atom stereocenters. The largest absolute Gasteiger partial charge is 0.357 e. The van der Waals surface area contributed by atoms with E-state index in [4.69, 9.17) is 11.6 Å². The molecular formula is C13H21ClIN3S. The van der Waals surface area contributed by atoms with Crippen molar-refractivity contribution < 1.29 is 0 Å². The van der Waals surface area contributed by atoms with Crippen molar-refractivity contribution in [3.05, 3.63) is 34.9 Å². The van der Waals surface area contributed by atoms with Gasteiger partial charge in [0, 0.05) is 23.9 Å². The van der Waals surface area contributed by atoms with Crippen LogP contribution in [0.3, 0.4) is 0 Å². The van der Waals surface area contributed by atoms with Gasteiger partial charge in [0.15, 0.2) is 5.96 Å². The van der Waals surface area contributed by atoms with Gasteiger partial charge in [0.1, 0.15) is 0 Å². The molecular weight excluding hydrogens is 393 g/mol. The number of nitrogens with zero attached hydrogens (tertiary/aromatic N) is 1. The fourth-order valence-electron chi connectivity index (χ4n) is 1.37. The molecule has 108 valence electrons. The minimum absolute atomic E-state index is 0. The molecule has 1 rings (SSSR count). The summed E-state index contributed by atoms with van der Waals surface area (Å²) in [7, 11) is 0. The Morgan fingerprint density at radius 1 is 1.26 bits per heavy atom. The van der Waals surface area contributed by atoms with Gasteiger partial charge in [-0.1, -0.05) is 23.7 Å². The third-order valence-corrected chi connectivity index (χ3v) is 3.14. The first-order valence-corrected chi connectivity index (χ1v) is 7.79. The van der Waals surface area contributed by atoms with Crippen LogP contribution in [0.1, 0.15) is 12.5 Å². The lowest BCUT2D eigenvalue weighted by Crippen LogP contribution is -2.38. The maximum atomic E-state index is 5.85. The average Bonchev–Trinajstić information content (AvgIpc) is 2.38. The lowest BCUT2D eigenvalue weighted by atomic mass is 10.2. The predicted octanol–water partition coefficient (Wildman–Crippen LogP) is 3.38. The van der Waals surface area contributed by atoms with Gasteiger partial charge in [-0.05, 0) is 30.9 Å². The van der Waals surface area contributed by atoms with Crippen molar-refractivity contribution in [2.75, 3.05) is 25.1 Å². The number of halogens is 2. The summed E-state index contributed by atoms with van der Waals surface area (Å²) in [5, 5.41) is 7.28. The zero-order valence-electron chi connectivity index (χ0n) is 11.3. The van der Waals surface area contributed by atoms with Crippen LogP contribution >= 0.6 is 47.3 Å². The van der Waals surface area contributed by atoms with Crippen LogP contribution in [-0.2, 0) is 6.54 Å². The Bertz CT molecular complexity index is 371. The van der Waals surface area contributed by atoms with Gasteiger partial charge in [0.05, 0.1) is 6.54 Å². The lowest BCUT2D eigenvalue weighted by Gasteiger charge is -2.10. The number of guanidine groups is 1. The first-order chi connectivity index (χ1) is 8.76. The Morgan fingerprint density at radius 2 is 1.95 bits per heavy atom. The molecule has 0 radical (unpaired) electrons. The van der Waals surface area contributed by atoms with Gasteiger partial charge in [0.2, 0.25) is 0 Å². The van der Waals surface area contributed by atoms with Gasteiger partial charge in [-0.3, -0.25) is 0 Å². The van der Waals surface area contributed by atoms with Crippen LogP contribution in [0, 0.1) is 0 Å². The fraction of sp³-hybridized carbons (Fsp3) is 0.462. The molecule has 0 aliphatic rings. The molecule has 0 aliphatic heterocycles. The van der Waals surface area contributed by atoms with E-state index in [0.717, 1.165) is 35.4 Å². The second-order valence-corrected chi connectivity index (χ2v) is 5.16. The third-order valence-electron chi connectivity index (χ3n) is 2.28. The smallest absolute Gasteiger partial charge is 0.191 e. The van der Waals surface area contributed by atoms with Crippen LogP contribution in [0.4, 0.5) is 0 Å². The zero-order chi connectivity index (χ0) is 13.2. The van der Waals surface area contributed by atoms with E-state index < -0.39 is 0 Å². The normalized spacial score (nSPS) is 10.8. The minimum Gasteiger partial charge on any atom is -0.357 e. The standard InChI is InChI=1S/C13H20ClN3S.HI/c1-3-15-13(16-8-9-18-2)17-10-11-4-6-12(14)7-5-11;/h4-7H,3,8-10H2,1-2H3,(H2,15,16,17);1H. The minimum atomic E-state index is 0. The highest BCUT2D eigenvalue weighted by Gasteiger charge is 1.97. The number of hydrogen-bond donors (Lipinski definition) is 2. The van der Waals surface area contributed by atoms with Crippen molar-refractivity contribution in [3.63, 3.8) is 0 Å². The third kappa shape index (κ3) is 8.60. The van der Waals surface area contributed by atoms with Crippen molar-refractivity contribution in [1.82, 2.24) is 10.6 Å². The molecule has 3 nitrogen and oxygen atoms in total. The average molecular weight is 414 g/mol. The molecule has 0 saturated carbocycles. The molecule has 6 heteroatoms. The molecule has 0 fully saturated rings. The van der Waals surface area contributed by atoms with Gasteiger partial charge in [-0.15, -0.1) is 24.0 Å². The summed E-state index contributed by atoms with van der Waals surface area (Å²) in [6.07, 6.45) is 2.10. The maximum Gasteiger partial charge on any atom is 0.191 e. The fourth-order valence-corrected chi connectivity index (χ4v) is 1.81. The highest BCUT2D eigenvalue weighted by atomic mass is 127. The van der Waals surface area contributed by atoms with Crippen LogP contribution in [0.15, 0.2) is 29.3 Å². The lowest BCUT2D eigenvalue weighted by molar-refractivity contribution is 0.843. The summed E-state index contributed by atoms with van der Waals surface area (Å²) in [6.45, 7) is 4.51. The van der Waals surface area contributed by atoms with Gasteiger partial charge < -0.3 is 10.6 Å². The molecule has 0 bridgehead atoms. The van der Waals surface area contributed by atoms with Gasteiger partial charge in [-0.25, -0.2) is 4.99 Å². The summed E-state index contributed by atoms with van der Waals surface area (Å²) in [4.78, 5) is 4.53. The second kappa shape index (κ2) is 11.7. The Hall–Kier alpha value is -0.140. The Labute approximate surface area is 142 Å². The number of nitrogens with one attached hydrogen (secondary N) is 2. The van der Waals surface area contributed by atoms with E-state index >= 15 is 0 Å². The molecule has 0 aliphatic carbocycles. The van der Waals surface area contributed by atoms with Crippen molar-refractivity contribution in [3.8, 4) is 0 Å². The van der Waals surface area contributed by atoms with Crippen LogP contribution in [0.2, 0.25) is 5.02 Å². The summed E-state index contributed by atoms with van der Waals surface area (Å²) in [5.41, 5.74) is 1.15. The molecule has 0 amide bonds. The van der Waals surface area contributed by atoms with Gasteiger partial charge >= 0.3 is 0 Å². The molecule has 0 unspecified atom stereocenters. The van der Waals surface area contributed by atoms with Crippen molar-refractivity contribution in [2.24, 2.45) is 4.99 Å². The maximum absolute atomic E-state index is 5.85.